The van der Waals surface area contributed by atoms with Crippen LogP contribution in [0.1, 0.15) is 31.2 Å². The van der Waals surface area contributed by atoms with Gasteiger partial charge in [-0.25, -0.2) is 0 Å². The second kappa shape index (κ2) is 5.14. The van der Waals surface area contributed by atoms with Crippen molar-refractivity contribution in [2.45, 2.75) is 32.2 Å². The van der Waals surface area contributed by atoms with Crippen molar-refractivity contribution < 1.29 is 0 Å². The number of hydrogen-bond acceptors (Lipinski definition) is 2. The molecule has 22 heavy (non-hydrogen) atoms. The molecule has 4 rings (SSSR count). The molecule has 1 aromatic carbocycles. The second-order valence-electron chi connectivity index (χ2n) is 6.73. The van der Waals surface area contributed by atoms with Crippen molar-refractivity contribution in [2.24, 2.45) is 17.8 Å². The van der Waals surface area contributed by atoms with Crippen LogP contribution in [-0.2, 0) is 6.54 Å². The molecule has 1 heterocycles. The van der Waals surface area contributed by atoms with Gasteiger partial charge in [0.05, 0.1) is 5.52 Å². The Bertz CT molecular complexity index is 849. The highest BCUT2D eigenvalue weighted by molar-refractivity contribution is 6.31. The molecular formula is C18H17ClN2O. The highest BCUT2D eigenvalue weighted by atomic mass is 35.5. The molecule has 3 atom stereocenters. The fourth-order valence-corrected chi connectivity index (χ4v) is 4.63. The Morgan fingerprint density at radius 1 is 1.32 bits per heavy atom. The molecule has 0 aliphatic heterocycles. The lowest BCUT2D eigenvalue weighted by Gasteiger charge is -2.24. The lowest BCUT2D eigenvalue weighted by Crippen LogP contribution is -2.20. The van der Waals surface area contributed by atoms with Crippen molar-refractivity contribution >= 4 is 22.5 Å². The zero-order valence-electron chi connectivity index (χ0n) is 12.3. The summed E-state index contributed by atoms with van der Waals surface area (Å²) in [5.41, 5.74) is 0.873. The first kappa shape index (κ1) is 13.8. The number of rotatable bonds is 2. The predicted molar refractivity (Wildman–Crippen MR) is 86.9 cm³/mol. The van der Waals surface area contributed by atoms with E-state index in [9.17, 15) is 10.1 Å². The smallest absolute Gasteiger partial charge is 0.207 e. The van der Waals surface area contributed by atoms with Crippen LogP contribution in [0.15, 0.2) is 29.2 Å². The highest BCUT2D eigenvalue weighted by Crippen LogP contribution is 2.48. The summed E-state index contributed by atoms with van der Waals surface area (Å²) >= 11 is 6.03. The summed E-state index contributed by atoms with van der Waals surface area (Å²) in [6.07, 6.45) is 7.09. The Balaban J connectivity index is 1.81. The standard InChI is InChI=1S/C18H17ClN2O/c19-15-3-4-17-16(7-15)18(22)14(8-20)10-21(17)9-13-6-11-1-2-12(13)5-11/h3-4,7,10-13H,1-2,5-6,9H2. The molecule has 2 aliphatic carbocycles. The van der Waals surface area contributed by atoms with Crippen LogP contribution < -0.4 is 5.43 Å². The molecule has 0 spiro atoms. The quantitative estimate of drug-likeness (QED) is 0.842. The average Bonchev–Trinajstić information content (AvgIpc) is 3.12. The molecule has 3 unspecified atom stereocenters. The molecule has 2 fully saturated rings. The van der Waals surface area contributed by atoms with E-state index >= 15 is 0 Å². The normalized spacial score (nSPS) is 26.5. The molecule has 4 heteroatoms. The van der Waals surface area contributed by atoms with E-state index in [1.54, 1.807) is 12.3 Å². The van der Waals surface area contributed by atoms with Gasteiger partial charge in [0.2, 0.25) is 5.43 Å². The van der Waals surface area contributed by atoms with E-state index in [2.05, 4.69) is 4.57 Å². The lowest BCUT2D eigenvalue weighted by atomic mass is 9.88. The summed E-state index contributed by atoms with van der Waals surface area (Å²) in [4.78, 5) is 12.3. The van der Waals surface area contributed by atoms with Crippen molar-refractivity contribution in [3.8, 4) is 6.07 Å². The number of nitriles is 1. The van der Waals surface area contributed by atoms with E-state index in [1.165, 1.54) is 25.7 Å². The van der Waals surface area contributed by atoms with Crippen molar-refractivity contribution in [3.05, 3.63) is 45.2 Å². The summed E-state index contributed by atoms with van der Waals surface area (Å²) in [7, 11) is 0. The van der Waals surface area contributed by atoms with Gasteiger partial charge in [-0.1, -0.05) is 18.0 Å². The van der Waals surface area contributed by atoms with E-state index in [-0.39, 0.29) is 11.0 Å². The van der Waals surface area contributed by atoms with E-state index in [4.69, 9.17) is 11.6 Å². The van der Waals surface area contributed by atoms with Gasteiger partial charge in [-0.15, -0.1) is 0 Å². The van der Waals surface area contributed by atoms with Crippen molar-refractivity contribution in [2.75, 3.05) is 0 Å². The van der Waals surface area contributed by atoms with E-state index in [0.29, 0.717) is 16.3 Å². The third-order valence-electron chi connectivity index (χ3n) is 5.48. The highest BCUT2D eigenvalue weighted by Gasteiger charge is 2.39. The van der Waals surface area contributed by atoms with Gasteiger partial charge in [-0.05, 0) is 55.2 Å². The molecule has 2 aliphatic rings. The number of hydrogen-bond donors (Lipinski definition) is 0. The number of pyridine rings is 1. The number of nitrogens with zero attached hydrogens (tertiary/aromatic N) is 2. The van der Waals surface area contributed by atoms with Gasteiger partial charge >= 0.3 is 0 Å². The summed E-state index contributed by atoms with van der Waals surface area (Å²) in [5, 5.41) is 10.3. The Labute approximate surface area is 134 Å². The Morgan fingerprint density at radius 2 is 2.18 bits per heavy atom. The van der Waals surface area contributed by atoms with Crippen molar-refractivity contribution in [1.82, 2.24) is 4.57 Å². The van der Waals surface area contributed by atoms with Gasteiger partial charge in [-0.2, -0.15) is 5.26 Å². The zero-order chi connectivity index (χ0) is 15.3. The fraction of sp³-hybridized carbons (Fsp3) is 0.444. The topological polar surface area (TPSA) is 45.8 Å². The molecule has 0 radical (unpaired) electrons. The Hall–Kier alpha value is -1.79. The van der Waals surface area contributed by atoms with E-state index in [1.807, 2.05) is 18.2 Å². The number of fused-ring (bicyclic) bond motifs is 3. The van der Waals surface area contributed by atoms with Crippen LogP contribution in [0.4, 0.5) is 0 Å². The van der Waals surface area contributed by atoms with Crippen LogP contribution in [0.5, 0.6) is 0 Å². The largest absolute Gasteiger partial charge is 0.346 e. The van der Waals surface area contributed by atoms with E-state index < -0.39 is 0 Å². The first-order chi connectivity index (χ1) is 10.7. The predicted octanol–water partition coefficient (Wildman–Crippen LogP) is 3.96. The molecule has 112 valence electrons. The van der Waals surface area contributed by atoms with Gasteiger partial charge < -0.3 is 4.57 Å². The minimum absolute atomic E-state index is 0.206. The summed E-state index contributed by atoms with van der Waals surface area (Å²) in [5.74, 6) is 2.38. The summed E-state index contributed by atoms with van der Waals surface area (Å²) in [6.45, 7) is 0.897. The molecule has 1 aromatic heterocycles. The van der Waals surface area contributed by atoms with E-state index in [0.717, 1.165) is 23.9 Å². The number of aromatic nitrogens is 1. The van der Waals surface area contributed by atoms with Crippen LogP contribution in [-0.4, -0.2) is 4.57 Å². The van der Waals surface area contributed by atoms with Crippen LogP contribution in [0.25, 0.3) is 10.9 Å². The molecule has 2 bridgehead atoms. The van der Waals surface area contributed by atoms with Gasteiger partial charge in [0.25, 0.3) is 0 Å². The molecular weight excluding hydrogens is 296 g/mol. The lowest BCUT2D eigenvalue weighted by molar-refractivity contribution is 0.298. The SMILES string of the molecule is N#Cc1cn(CC2CC3CCC2C3)c2ccc(Cl)cc2c1=O. The van der Waals surface area contributed by atoms with Crippen molar-refractivity contribution in [3.63, 3.8) is 0 Å². The number of halogens is 1. The molecule has 2 aromatic rings. The third-order valence-corrected chi connectivity index (χ3v) is 5.71. The van der Waals surface area contributed by atoms with Gasteiger partial charge in [0.15, 0.2) is 0 Å². The maximum absolute atomic E-state index is 12.3. The number of benzene rings is 1. The molecule has 0 saturated heterocycles. The average molecular weight is 313 g/mol. The zero-order valence-corrected chi connectivity index (χ0v) is 13.0. The van der Waals surface area contributed by atoms with Crippen LogP contribution in [0.2, 0.25) is 5.02 Å². The minimum Gasteiger partial charge on any atom is -0.346 e. The first-order valence-electron chi connectivity index (χ1n) is 7.88. The Kier molecular flexibility index (Phi) is 3.23. The maximum atomic E-state index is 12.3. The first-order valence-corrected chi connectivity index (χ1v) is 8.26. The third kappa shape index (κ3) is 2.14. The summed E-state index contributed by atoms with van der Waals surface area (Å²) < 4.78 is 2.09. The van der Waals surface area contributed by atoms with Gasteiger partial charge in [0, 0.05) is 23.2 Å². The maximum Gasteiger partial charge on any atom is 0.207 e. The van der Waals surface area contributed by atoms with Crippen LogP contribution in [0.3, 0.4) is 0 Å². The molecule has 0 amide bonds. The fourth-order valence-electron chi connectivity index (χ4n) is 4.45. The molecule has 3 nitrogen and oxygen atoms in total. The van der Waals surface area contributed by atoms with Crippen LogP contribution in [0, 0.1) is 29.1 Å². The van der Waals surface area contributed by atoms with Gasteiger partial charge in [-0.3, -0.25) is 4.79 Å². The molecule has 2 saturated carbocycles. The Morgan fingerprint density at radius 3 is 2.86 bits per heavy atom. The summed E-state index contributed by atoms with van der Waals surface area (Å²) in [6, 6.07) is 7.42. The second-order valence-corrected chi connectivity index (χ2v) is 7.17. The van der Waals surface area contributed by atoms with Gasteiger partial charge in [0.1, 0.15) is 11.6 Å². The minimum atomic E-state index is -0.218. The molecule has 0 N–H and O–H groups in total. The van der Waals surface area contributed by atoms with Crippen LogP contribution >= 0.6 is 11.6 Å². The van der Waals surface area contributed by atoms with Crippen molar-refractivity contribution in [1.29, 1.82) is 5.26 Å². The monoisotopic (exact) mass is 312 g/mol.